The average molecular weight is 272 g/mol. The van der Waals surface area contributed by atoms with Crippen molar-refractivity contribution in [3.63, 3.8) is 0 Å². The largest absolute Gasteiger partial charge is 0.385 e. The highest BCUT2D eigenvalue weighted by molar-refractivity contribution is 7.80. The van der Waals surface area contributed by atoms with Gasteiger partial charge in [-0.15, -0.1) is 0 Å². The third-order valence-corrected chi connectivity index (χ3v) is 3.80. The summed E-state index contributed by atoms with van der Waals surface area (Å²) in [5.41, 5.74) is 0.432. The van der Waals surface area contributed by atoms with Crippen LogP contribution in [0.3, 0.4) is 0 Å². The Hall–Kier alpha value is -0.350. The minimum Gasteiger partial charge on any atom is -0.385 e. The average Bonchev–Trinajstić information content (AvgIpc) is 2.21. The van der Waals surface area contributed by atoms with Crippen LogP contribution < -0.4 is 10.6 Å². The highest BCUT2D eigenvalue weighted by atomic mass is 32.1. The number of methoxy groups -OCH3 is 1. The number of ether oxygens (including phenoxy) is 1. The molecule has 0 aromatic heterocycles. The molecule has 1 aliphatic rings. The zero-order valence-corrected chi connectivity index (χ0v) is 13.0. The lowest BCUT2D eigenvalue weighted by atomic mass is 9.71. The number of hydrogen-bond donors (Lipinski definition) is 2. The quantitative estimate of drug-likeness (QED) is 0.595. The Morgan fingerprint density at radius 1 is 1.39 bits per heavy atom. The normalized spacial score (nSPS) is 26.7. The van der Waals surface area contributed by atoms with E-state index >= 15 is 0 Å². The van der Waals surface area contributed by atoms with Gasteiger partial charge in [-0.2, -0.15) is 0 Å². The van der Waals surface area contributed by atoms with Gasteiger partial charge in [0, 0.05) is 26.3 Å². The van der Waals surface area contributed by atoms with Crippen molar-refractivity contribution in [3.8, 4) is 0 Å². The van der Waals surface area contributed by atoms with Crippen molar-refractivity contribution in [1.82, 2.24) is 10.6 Å². The number of rotatable bonds is 5. The van der Waals surface area contributed by atoms with Crippen LogP contribution in [0.2, 0.25) is 0 Å². The smallest absolute Gasteiger partial charge is 0.166 e. The van der Waals surface area contributed by atoms with Gasteiger partial charge in [0.2, 0.25) is 0 Å². The first kappa shape index (κ1) is 15.7. The minimum absolute atomic E-state index is 0.432. The van der Waals surface area contributed by atoms with Gasteiger partial charge in [0.25, 0.3) is 0 Å². The predicted molar refractivity (Wildman–Crippen MR) is 80.8 cm³/mol. The van der Waals surface area contributed by atoms with Crippen molar-refractivity contribution in [1.29, 1.82) is 0 Å². The van der Waals surface area contributed by atoms with Crippen LogP contribution in [0.25, 0.3) is 0 Å². The Balaban J connectivity index is 2.26. The molecule has 1 saturated carbocycles. The maximum absolute atomic E-state index is 5.34. The number of hydrogen-bond acceptors (Lipinski definition) is 2. The SMILES string of the molecule is COCCCNC(=S)NC1CC(C)CC(C)(C)C1. The zero-order valence-electron chi connectivity index (χ0n) is 12.2. The molecule has 2 atom stereocenters. The summed E-state index contributed by atoms with van der Waals surface area (Å²) >= 11 is 5.34. The second-order valence-corrected chi connectivity index (χ2v) is 6.77. The Bertz CT molecular complexity index is 269. The maximum Gasteiger partial charge on any atom is 0.166 e. The van der Waals surface area contributed by atoms with Crippen molar-refractivity contribution >= 4 is 17.3 Å². The number of nitrogens with one attached hydrogen (secondary N) is 2. The van der Waals surface area contributed by atoms with Gasteiger partial charge in [0.15, 0.2) is 5.11 Å². The molecule has 3 nitrogen and oxygen atoms in total. The number of thiocarbonyl (C=S) groups is 1. The molecule has 0 radical (unpaired) electrons. The molecule has 0 spiro atoms. The molecule has 1 rings (SSSR count). The Labute approximate surface area is 117 Å². The van der Waals surface area contributed by atoms with E-state index in [1.807, 2.05) is 0 Å². The van der Waals surface area contributed by atoms with E-state index in [1.54, 1.807) is 7.11 Å². The fraction of sp³-hybridized carbons (Fsp3) is 0.929. The van der Waals surface area contributed by atoms with Gasteiger partial charge >= 0.3 is 0 Å². The van der Waals surface area contributed by atoms with Crippen LogP contribution in [-0.4, -0.2) is 31.4 Å². The second kappa shape index (κ2) is 7.29. The van der Waals surface area contributed by atoms with Gasteiger partial charge in [-0.1, -0.05) is 20.8 Å². The molecule has 4 heteroatoms. The Morgan fingerprint density at radius 3 is 2.72 bits per heavy atom. The topological polar surface area (TPSA) is 33.3 Å². The summed E-state index contributed by atoms with van der Waals surface area (Å²) < 4.78 is 5.01. The summed E-state index contributed by atoms with van der Waals surface area (Å²) in [6.45, 7) is 8.71. The van der Waals surface area contributed by atoms with Crippen LogP contribution in [0.5, 0.6) is 0 Å². The van der Waals surface area contributed by atoms with Crippen LogP contribution in [0.4, 0.5) is 0 Å². The molecule has 1 aliphatic carbocycles. The molecule has 18 heavy (non-hydrogen) atoms. The van der Waals surface area contributed by atoms with Crippen molar-refractivity contribution in [2.75, 3.05) is 20.3 Å². The van der Waals surface area contributed by atoms with E-state index < -0.39 is 0 Å². The van der Waals surface area contributed by atoms with Crippen molar-refractivity contribution in [3.05, 3.63) is 0 Å². The van der Waals surface area contributed by atoms with Gasteiger partial charge in [-0.05, 0) is 49.2 Å². The molecule has 2 N–H and O–H groups in total. The van der Waals surface area contributed by atoms with E-state index in [-0.39, 0.29) is 0 Å². The van der Waals surface area contributed by atoms with Crippen molar-refractivity contribution in [2.45, 2.75) is 52.5 Å². The fourth-order valence-electron chi connectivity index (χ4n) is 3.11. The van der Waals surface area contributed by atoms with Gasteiger partial charge < -0.3 is 15.4 Å². The summed E-state index contributed by atoms with van der Waals surface area (Å²) in [4.78, 5) is 0. The highest BCUT2D eigenvalue weighted by Gasteiger charge is 2.32. The van der Waals surface area contributed by atoms with Crippen molar-refractivity contribution < 1.29 is 4.74 Å². The van der Waals surface area contributed by atoms with Crippen LogP contribution >= 0.6 is 12.2 Å². The summed E-state index contributed by atoms with van der Waals surface area (Å²) in [5.74, 6) is 0.780. The van der Waals surface area contributed by atoms with Gasteiger partial charge in [-0.25, -0.2) is 0 Å². The molecule has 0 bridgehead atoms. The molecule has 0 amide bonds. The highest BCUT2D eigenvalue weighted by Crippen LogP contribution is 2.38. The second-order valence-electron chi connectivity index (χ2n) is 6.36. The Kier molecular flexibility index (Phi) is 6.36. The molecule has 0 saturated heterocycles. The predicted octanol–water partition coefficient (Wildman–Crippen LogP) is 2.70. The standard InChI is InChI=1S/C14H28N2OS/c1-11-8-12(10-14(2,3)9-11)16-13(18)15-6-5-7-17-4/h11-12H,5-10H2,1-4H3,(H2,15,16,18). The summed E-state index contributed by atoms with van der Waals surface area (Å²) in [6.07, 6.45) is 4.74. The molecule has 106 valence electrons. The lowest BCUT2D eigenvalue weighted by Gasteiger charge is -2.39. The maximum atomic E-state index is 5.34. The minimum atomic E-state index is 0.432. The van der Waals surface area contributed by atoms with E-state index in [1.165, 1.54) is 19.3 Å². The molecule has 1 fully saturated rings. The van der Waals surface area contributed by atoms with Gasteiger partial charge in [0.1, 0.15) is 0 Å². The summed E-state index contributed by atoms with van der Waals surface area (Å²) in [7, 11) is 1.72. The summed E-state index contributed by atoms with van der Waals surface area (Å²) in [6, 6.07) is 0.520. The molecule has 0 heterocycles. The van der Waals surface area contributed by atoms with Crippen LogP contribution in [0, 0.1) is 11.3 Å². The van der Waals surface area contributed by atoms with Crippen LogP contribution in [-0.2, 0) is 4.74 Å². The molecule has 2 unspecified atom stereocenters. The Morgan fingerprint density at radius 2 is 2.11 bits per heavy atom. The zero-order chi connectivity index (χ0) is 13.6. The van der Waals surface area contributed by atoms with E-state index in [9.17, 15) is 0 Å². The first-order valence-electron chi connectivity index (χ1n) is 6.96. The fourth-order valence-corrected chi connectivity index (χ4v) is 3.38. The molecular formula is C14H28N2OS. The molecule has 0 aromatic carbocycles. The van der Waals surface area contributed by atoms with Crippen LogP contribution in [0.15, 0.2) is 0 Å². The lowest BCUT2D eigenvalue weighted by molar-refractivity contribution is 0.161. The van der Waals surface area contributed by atoms with Gasteiger partial charge in [-0.3, -0.25) is 0 Å². The third-order valence-electron chi connectivity index (χ3n) is 3.53. The molecule has 0 aromatic rings. The first-order valence-corrected chi connectivity index (χ1v) is 7.37. The molecular weight excluding hydrogens is 244 g/mol. The van der Waals surface area contributed by atoms with E-state index in [0.717, 1.165) is 30.6 Å². The lowest BCUT2D eigenvalue weighted by Crippen LogP contribution is -2.47. The van der Waals surface area contributed by atoms with Crippen LogP contribution in [0.1, 0.15) is 46.5 Å². The summed E-state index contributed by atoms with van der Waals surface area (Å²) in [5, 5.41) is 7.50. The van der Waals surface area contributed by atoms with E-state index in [2.05, 4.69) is 31.4 Å². The monoisotopic (exact) mass is 272 g/mol. The third kappa shape index (κ3) is 6.01. The van der Waals surface area contributed by atoms with E-state index in [4.69, 9.17) is 17.0 Å². The van der Waals surface area contributed by atoms with E-state index in [0.29, 0.717) is 11.5 Å². The first-order chi connectivity index (χ1) is 8.43. The van der Waals surface area contributed by atoms with Gasteiger partial charge in [0.05, 0.1) is 0 Å². The van der Waals surface area contributed by atoms with Crippen molar-refractivity contribution in [2.24, 2.45) is 11.3 Å². The molecule has 0 aliphatic heterocycles.